The van der Waals surface area contributed by atoms with E-state index >= 15 is 0 Å². The van der Waals surface area contributed by atoms with Crippen LogP contribution in [0.25, 0.3) is 0 Å². The van der Waals surface area contributed by atoms with Gasteiger partial charge in [-0.2, -0.15) is 4.98 Å². The highest BCUT2D eigenvalue weighted by molar-refractivity contribution is 6.07. The number of aromatic nitrogens is 3. The van der Waals surface area contributed by atoms with E-state index in [0.29, 0.717) is 36.1 Å². The third kappa shape index (κ3) is 5.91. The van der Waals surface area contributed by atoms with Crippen LogP contribution in [0.1, 0.15) is 29.3 Å². The van der Waals surface area contributed by atoms with Gasteiger partial charge in [-0.15, -0.1) is 0 Å². The van der Waals surface area contributed by atoms with Crippen molar-refractivity contribution in [1.82, 2.24) is 15.0 Å². The van der Waals surface area contributed by atoms with E-state index in [1.165, 1.54) is 5.56 Å². The highest BCUT2D eigenvalue weighted by atomic mass is 16.1. The van der Waals surface area contributed by atoms with Gasteiger partial charge in [-0.1, -0.05) is 13.0 Å². The van der Waals surface area contributed by atoms with Crippen LogP contribution in [-0.2, 0) is 6.42 Å². The number of carbonyl (C=O) groups excluding carboxylic acids is 1. The van der Waals surface area contributed by atoms with Gasteiger partial charge in [0.05, 0.1) is 0 Å². The summed E-state index contributed by atoms with van der Waals surface area (Å²) >= 11 is 0. The van der Waals surface area contributed by atoms with E-state index in [4.69, 9.17) is 0 Å². The minimum absolute atomic E-state index is 0.259. The summed E-state index contributed by atoms with van der Waals surface area (Å²) < 4.78 is 0. The molecule has 0 unspecified atom stereocenters. The van der Waals surface area contributed by atoms with Crippen LogP contribution in [-0.4, -0.2) is 41.0 Å². The molecule has 8 heteroatoms. The first-order chi connectivity index (χ1) is 14.7. The van der Waals surface area contributed by atoms with E-state index in [1.54, 1.807) is 18.6 Å². The normalized spacial score (nSPS) is 10.3. The Labute approximate surface area is 176 Å². The topological polar surface area (TPSA) is 104 Å². The largest absolute Gasteiger partial charge is 0.388 e. The lowest BCUT2D eigenvalue weighted by Crippen LogP contribution is -2.18. The lowest BCUT2D eigenvalue weighted by atomic mass is 10.2. The van der Waals surface area contributed by atoms with Crippen molar-refractivity contribution in [2.75, 3.05) is 41.4 Å². The lowest BCUT2D eigenvalue weighted by molar-refractivity contribution is 0.102. The van der Waals surface area contributed by atoms with E-state index in [2.05, 4.69) is 43.1 Å². The summed E-state index contributed by atoms with van der Waals surface area (Å²) in [5, 5.41) is 12.4. The number of pyridine rings is 1. The molecular formula is C22H27N7O. The zero-order valence-corrected chi connectivity index (χ0v) is 17.3. The van der Waals surface area contributed by atoms with Crippen molar-refractivity contribution >= 4 is 29.0 Å². The second-order valence-electron chi connectivity index (χ2n) is 6.70. The fraction of sp³-hybridized carbons (Fsp3) is 0.273. The van der Waals surface area contributed by atoms with Crippen LogP contribution in [0.4, 0.5) is 23.1 Å². The number of anilines is 4. The Hall–Kier alpha value is -3.68. The number of nitrogens with zero attached hydrogens (tertiary/aromatic N) is 3. The summed E-state index contributed by atoms with van der Waals surface area (Å²) in [5.74, 6) is 0.738. The van der Waals surface area contributed by atoms with E-state index < -0.39 is 0 Å². The minimum atomic E-state index is -0.259. The first-order valence-electron chi connectivity index (χ1n) is 10.0. The van der Waals surface area contributed by atoms with Crippen molar-refractivity contribution < 1.29 is 4.79 Å². The van der Waals surface area contributed by atoms with Crippen LogP contribution in [0.2, 0.25) is 0 Å². The predicted molar refractivity (Wildman–Crippen MR) is 121 cm³/mol. The van der Waals surface area contributed by atoms with E-state index in [-0.39, 0.29) is 5.91 Å². The Morgan fingerprint density at radius 2 is 1.83 bits per heavy atom. The van der Waals surface area contributed by atoms with Crippen LogP contribution in [0.3, 0.4) is 0 Å². The predicted octanol–water partition coefficient (Wildman–Crippen LogP) is 3.64. The fourth-order valence-corrected chi connectivity index (χ4v) is 2.83. The molecule has 0 aliphatic heterocycles. The molecule has 2 aromatic heterocycles. The first kappa shape index (κ1) is 21.0. The Morgan fingerprint density at radius 3 is 2.60 bits per heavy atom. The average molecular weight is 406 g/mol. The van der Waals surface area contributed by atoms with Gasteiger partial charge in [0.1, 0.15) is 11.4 Å². The number of amides is 1. The number of rotatable bonds is 10. The van der Waals surface area contributed by atoms with Gasteiger partial charge in [0.2, 0.25) is 5.95 Å². The summed E-state index contributed by atoms with van der Waals surface area (Å²) in [6, 6.07) is 11.5. The van der Waals surface area contributed by atoms with Crippen LogP contribution in [0, 0.1) is 0 Å². The molecule has 0 fully saturated rings. The van der Waals surface area contributed by atoms with Crippen LogP contribution < -0.4 is 21.3 Å². The maximum absolute atomic E-state index is 12.8. The zero-order chi connectivity index (χ0) is 21.2. The van der Waals surface area contributed by atoms with Crippen molar-refractivity contribution in [3.05, 3.63) is 66.1 Å². The number of hydrogen-bond donors (Lipinski definition) is 4. The minimum Gasteiger partial charge on any atom is -0.388 e. The van der Waals surface area contributed by atoms with Crippen LogP contribution in [0.15, 0.2) is 55.0 Å². The molecule has 0 saturated heterocycles. The molecule has 0 spiro atoms. The fourth-order valence-electron chi connectivity index (χ4n) is 2.83. The van der Waals surface area contributed by atoms with Crippen molar-refractivity contribution in [2.24, 2.45) is 0 Å². The van der Waals surface area contributed by atoms with Crippen molar-refractivity contribution in [1.29, 1.82) is 0 Å². The third-order valence-electron chi connectivity index (χ3n) is 4.43. The molecule has 0 radical (unpaired) electrons. The molecule has 0 aliphatic rings. The number of nitrogens with one attached hydrogen (secondary N) is 4. The molecule has 8 nitrogen and oxygen atoms in total. The Bertz CT molecular complexity index is 963. The molecule has 30 heavy (non-hydrogen) atoms. The van der Waals surface area contributed by atoms with Crippen molar-refractivity contribution in [2.45, 2.75) is 19.8 Å². The average Bonchev–Trinajstić information content (AvgIpc) is 2.78. The summed E-state index contributed by atoms with van der Waals surface area (Å²) in [6.45, 7) is 3.45. The Morgan fingerprint density at radius 1 is 1.03 bits per heavy atom. The van der Waals surface area contributed by atoms with Gasteiger partial charge in [0, 0.05) is 50.1 Å². The number of benzene rings is 1. The van der Waals surface area contributed by atoms with Gasteiger partial charge in [-0.05, 0) is 48.7 Å². The maximum atomic E-state index is 12.8. The number of carbonyl (C=O) groups is 1. The molecule has 3 rings (SSSR count). The second-order valence-corrected chi connectivity index (χ2v) is 6.70. The van der Waals surface area contributed by atoms with Gasteiger partial charge in [-0.25, -0.2) is 4.98 Å². The molecular weight excluding hydrogens is 378 g/mol. The molecule has 156 valence electrons. The molecule has 3 aromatic rings. The summed E-state index contributed by atoms with van der Waals surface area (Å²) in [6.07, 6.45) is 6.85. The molecule has 0 saturated carbocycles. The molecule has 1 aromatic carbocycles. The molecule has 1 amide bonds. The van der Waals surface area contributed by atoms with E-state index in [9.17, 15) is 4.79 Å². The molecule has 0 aliphatic carbocycles. The Kier molecular flexibility index (Phi) is 7.54. The van der Waals surface area contributed by atoms with Gasteiger partial charge in [0.15, 0.2) is 0 Å². The lowest BCUT2D eigenvalue weighted by Gasteiger charge is -2.13. The van der Waals surface area contributed by atoms with Crippen molar-refractivity contribution in [3.63, 3.8) is 0 Å². The maximum Gasteiger partial charge on any atom is 0.260 e. The molecule has 0 bridgehead atoms. The summed E-state index contributed by atoms with van der Waals surface area (Å²) in [4.78, 5) is 25.7. The van der Waals surface area contributed by atoms with Gasteiger partial charge in [0.25, 0.3) is 5.91 Å². The van der Waals surface area contributed by atoms with Gasteiger partial charge < -0.3 is 21.3 Å². The molecule has 2 heterocycles. The molecule has 4 N–H and O–H groups in total. The smallest absolute Gasteiger partial charge is 0.260 e. The van der Waals surface area contributed by atoms with Crippen LogP contribution in [0.5, 0.6) is 0 Å². The first-order valence-corrected chi connectivity index (χ1v) is 10.0. The second kappa shape index (κ2) is 10.8. The van der Waals surface area contributed by atoms with Gasteiger partial charge >= 0.3 is 0 Å². The summed E-state index contributed by atoms with van der Waals surface area (Å²) in [7, 11) is 1.84. The monoisotopic (exact) mass is 405 g/mol. The zero-order valence-electron chi connectivity index (χ0n) is 17.3. The summed E-state index contributed by atoms with van der Waals surface area (Å²) in [5.41, 5.74) is 3.20. The standard InChI is InChI=1S/C22H27N7O/c1-3-10-25-20-19(21(30)28-18-6-4-5-17(14-18)23-2)15-27-22(29-20)26-13-9-16-7-11-24-12-8-16/h4-8,11-12,14-15,23H,3,9-10,13H2,1-2H3,(H,28,30)(H2,25,26,27,29). The molecule has 0 atom stereocenters. The number of hydrogen-bond acceptors (Lipinski definition) is 7. The quantitative estimate of drug-likeness (QED) is 0.408. The van der Waals surface area contributed by atoms with Crippen molar-refractivity contribution in [3.8, 4) is 0 Å². The third-order valence-corrected chi connectivity index (χ3v) is 4.43. The Balaban J connectivity index is 1.70. The highest BCUT2D eigenvalue weighted by Crippen LogP contribution is 2.19. The SMILES string of the molecule is CCCNc1nc(NCCc2ccncc2)ncc1C(=O)Nc1cccc(NC)c1. The van der Waals surface area contributed by atoms with E-state index in [0.717, 1.165) is 18.5 Å². The van der Waals surface area contributed by atoms with Crippen LogP contribution >= 0.6 is 0 Å². The van der Waals surface area contributed by atoms with E-state index in [1.807, 2.05) is 43.4 Å². The highest BCUT2D eigenvalue weighted by Gasteiger charge is 2.15. The van der Waals surface area contributed by atoms with Gasteiger partial charge in [-0.3, -0.25) is 9.78 Å².